The first-order chi connectivity index (χ1) is 15.8. The van der Waals surface area contributed by atoms with Gasteiger partial charge in [-0.15, -0.1) is 0 Å². The van der Waals surface area contributed by atoms with Crippen molar-refractivity contribution in [3.8, 4) is 0 Å². The van der Waals surface area contributed by atoms with Crippen molar-refractivity contribution in [2.24, 2.45) is 5.92 Å². The van der Waals surface area contributed by atoms with Crippen molar-refractivity contribution in [3.63, 3.8) is 0 Å². The fourth-order valence-corrected chi connectivity index (χ4v) is 4.20. The highest BCUT2D eigenvalue weighted by atomic mass is 16.6. The fraction of sp³-hybridized carbons (Fsp3) is 0.381. The van der Waals surface area contributed by atoms with Gasteiger partial charge in [0.25, 0.3) is 23.4 Å². The van der Waals surface area contributed by atoms with Crippen LogP contribution < -0.4 is 5.32 Å². The van der Waals surface area contributed by atoms with Crippen molar-refractivity contribution in [2.45, 2.75) is 38.6 Å². The SMILES string of the molecule is Cc1cc(NC(=O)COC(=O)C2CCC(N3C(=O)c4cccc([N+](=O)[O-])c4C3=O)CC2)no1. The molecule has 1 aliphatic carbocycles. The predicted molar refractivity (Wildman–Crippen MR) is 110 cm³/mol. The Bertz CT molecular complexity index is 1150. The lowest BCUT2D eigenvalue weighted by atomic mass is 9.85. The monoisotopic (exact) mass is 456 g/mol. The molecule has 33 heavy (non-hydrogen) atoms. The van der Waals surface area contributed by atoms with Crippen molar-refractivity contribution >= 4 is 35.2 Å². The number of hydrogen-bond acceptors (Lipinski definition) is 9. The van der Waals surface area contributed by atoms with Gasteiger partial charge in [-0.05, 0) is 38.7 Å². The Hall–Kier alpha value is -4.09. The first kappa shape index (κ1) is 22.1. The molecule has 1 saturated carbocycles. The molecule has 1 aromatic carbocycles. The molecule has 0 unspecified atom stereocenters. The Morgan fingerprint density at radius 1 is 1.24 bits per heavy atom. The van der Waals surface area contributed by atoms with E-state index in [4.69, 9.17) is 9.26 Å². The summed E-state index contributed by atoms with van der Waals surface area (Å²) in [7, 11) is 0. The molecule has 0 radical (unpaired) electrons. The molecule has 4 rings (SSSR count). The second-order valence-electron chi connectivity index (χ2n) is 7.92. The van der Waals surface area contributed by atoms with Crippen molar-refractivity contribution < 1.29 is 33.4 Å². The highest BCUT2D eigenvalue weighted by molar-refractivity contribution is 6.23. The Morgan fingerprint density at radius 3 is 2.61 bits per heavy atom. The minimum absolute atomic E-state index is 0.0176. The topological polar surface area (TPSA) is 162 Å². The molecule has 12 heteroatoms. The molecule has 1 aliphatic heterocycles. The molecular formula is C21H20N4O8. The number of aryl methyl sites for hydroxylation is 1. The number of imide groups is 1. The molecule has 1 fully saturated rings. The summed E-state index contributed by atoms with van der Waals surface area (Å²) >= 11 is 0. The molecule has 172 valence electrons. The zero-order valence-corrected chi connectivity index (χ0v) is 17.6. The van der Waals surface area contributed by atoms with Crippen LogP contribution in [-0.2, 0) is 14.3 Å². The van der Waals surface area contributed by atoms with Crippen LogP contribution >= 0.6 is 0 Å². The summed E-state index contributed by atoms with van der Waals surface area (Å²) in [6, 6.07) is 5.02. The van der Waals surface area contributed by atoms with Gasteiger partial charge in [-0.2, -0.15) is 0 Å². The fourth-order valence-electron chi connectivity index (χ4n) is 4.20. The molecule has 0 atom stereocenters. The number of nitro groups is 1. The van der Waals surface area contributed by atoms with Gasteiger partial charge >= 0.3 is 5.97 Å². The molecule has 3 amide bonds. The average Bonchev–Trinajstić information content (AvgIpc) is 3.32. The third-order valence-corrected chi connectivity index (χ3v) is 5.76. The van der Waals surface area contributed by atoms with Crippen molar-refractivity contribution in [1.82, 2.24) is 10.1 Å². The van der Waals surface area contributed by atoms with Gasteiger partial charge in [0, 0.05) is 18.2 Å². The molecule has 1 aromatic heterocycles. The summed E-state index contributed by atoms with van der Waals surface area (Å²) in [5, 5.41) is 17.3. The van der Waals surface area contributed by atoms with Gasteiger partial charge in [0.1, 0.15) is 11.3 Å². The molecule has 2 aromatic rings. The number of hydrogen-bond donors (Lipinski definition) is 1. The third-order valence-electron chi connectivity index (χ3n) is 5.76. The van der Waals surface area contributed by atoms with E-state index < -0.39 is 52.9 Å². The van der Waals surface area contributed by atoms with Gasteiger partial charge in [0.05, 0.1) is 16.4 Å². The van der Waals surface area contributed by atoms with E-state index in [1.165, 1.54) is 24.3 Å². The number of carbonyl (C=O) groups excluding carboxylic acids is 4. The molecule has 2 heterocycles. The van der Waals surface area contributed by atoms with Gasteiger partial charge in [-0.3, -0.25) is 34.2 Å². The normalized spacial score (nSPS) is 19.8. The molecule has 12 nitrogen and oxygen atoms in total. The van der Waals surface area contributed by atoms with Gasteiger partial charge in [-0.25, -0.2) is 0 Å². The van der Waals surface area contributed by atoms with Crippen LogP contribution in [0.5, 0.6) is 0 Å². The van der Waals surface area contributed by atoms with Crippen LogP contribution in [0.4, 0.5) is 11.5 Å². The van der Waals surface area contributed by atoms with E-state index in [2.05, 4.69) is 10.5 Å². The van der Waals surface area contributed by atoms with Crippen molar-refractivity contribution in [3.05, 3.63) is 51.3 Å². The molecule has 1 N–H and O–H groups in total. The van der Waals surface area contributed by atoms with Crippen LogP contribution in [0.3, 0.4) is 0 Å². The number of benzene rings is 1. The van der Waals surface area contributed by atoms with Crippen LogP contribution in [0.2, 0.25) is 0 Å². The minimum atomic E-state index is -0.687. The second-order valence-corrected chi connectivity index (χ2v) is 7.92. The number of nitrogens with zero attached hydrogens (tertiary/aromatic N) is 3. The summed E-state index contributed by atoms with van der Waals surface area (Å²) < 4.78 is 9.92. The number of nitro benzene ring substituents is 1. The smallest absolute Gasteiger partial charge is 0.309 e. The van der Waals surface area contributed by atoms with Gasteiger partial charge in [0.2, 0.25) is 0 Å². The summed E-state index contributed by atoms with van der Waals surface area (Å²) in [6.07, 6.45) is 1.40. The number of rotatable bonds is 6. The average molecular weight is 456 g/mol. The second kappa shape index (κ2) is 8.81. The van der Waals surface area contributed by atoms with Crippen molar-refractivity contribution in [2.75, 3.05) is 11.9 Å². The summed E-state index contributed by atoms with van der Waals surface area (Å²) in [4.78, 5) is 61.5. The van der Waals surface area contributed by atoms with Crippen LogP contribution in [0, 0.1) is 23.0 Å². The number of fused-ring (bicyclic) bond motifs is 1. The van der Waals surface area contributed by atoms with E-state index in [1.807, 2.05) is 0 Å². The summed E-state index contributed by atoms with van der Waals surface area (Å²) in [6.45, 7) is 1.19. The maximum absolute atomic E-state index is 12.8. The van der Waals surface area contributed by atoms with Gasteiger partial charge in [0.15, 0.2) is 12.4 Å². The lowest BCUT2D eigenvalue weighted by Crippen LogP contribution is -2.43. The predicted octanol–water partition coefficient (Wildman–Crippen LogP) is 2.23. The summed E-state index contributed by atoms with van der Waals surface area (Å²) in [5.74, 6) is -2.09. The highest BCUT2D eigenvalue weighted by Crippen LogP contribution is 2.36. The number of carbonyl (C=O) groups is 4. The number of nitrogens with one attached hydrogen (secondary N) is 1. The third kappa shape index (κ3) is 4.31. The van der Waals surface area contributed by atoms with Crippen LogP contribution in [0.25, 0.3) is 0 Å². The molecule has 2 aliphatic rings. The molecule has 0 saturated heterocycles. The highest BCUT2D eigenvalue weighted by Gasteiger charge is 2.45. The van der Waals surface area contributed by atoms with E-state index in [0.717, 1.165) is 4.90 Å². The first-order valence-corrected chi connectivity index (χ1v) is 10.3. The van der Waals surface area contributed by atoms with Crippen LogP contribution in [0.15, 0.2) is 28.8 Å². The first-order valence-electron chi connectivity index (χ1n) is 10.3. The van der Waals surface area contributed by atoms with E-state index in [0.29, 0.717) is 31.4 Å². The molecule has 0 spiro atoms. The zero-order chi connectivity index (χ0) is 23.7. The summed E-state index contributed by atoms with van der Waals surface area (Å²) in [5.41, 5.74) is -0.573. The number of amides is 3. The lowest BCUT2D eigenvalue weighted by Gasteiger charge is -2.32. The molecular weight excluding hydrogens is 436 g/mol. The maximum atomic E-state index is 12.8. The number of anilines is 1. The van der Waals surface area contributed by atoms with E-state index in [9.17, 15) is 29.3 Å². The maximum Gasteiger partial charge on any atom is 0.309 e. The van der Waals surface area contributed by atoms with Gasteiger partial charge in [-0.1, -0.05) is 11.2 Å². The minimum Gasteiger partial charge on any atom is -0.455 e. The van der Waals surface area contributed by atoms with E-state index in [-0.39, 0.29) is 16.9 Å². The van der Waals surface area contributed by atoms with Crippen molar-refractivity contribution in [1.29, 1.82) is 0 Å². The Kier molecular flexibility index (Phi) is 5.90. The van der Waals surface area contributed by atoms with E-state index >= 15 is 0 Å². The molecule has 0 bridgehead atoms. The Morgan fingerprint density at radius 2 is 1.97 bits per heavy atom. The quantitative estimate of drug-likeness (QED) is 0.297. The van der Waals surface area contributed by atoms with Crippen LogP contribution in [-0.4, -0.2) is 51.3 Å². The van der Waals surface area contributed by atoms with Gasteiger partial charge < -0.3 is 14.6 Å². The Balaban J connectivity index is 1.31. The van der Waals surface area contributed by atoms with Crippen LogP contribution in [0.1, 0.15) is 52.2 Å². The lowest BCUT2D eigenvalue weighted by molar-refractivity contribution is -0.385. The van der Waals surface area contributed by atoms with E-state index in [1.54, 1.807) is 6.92 Å². The zero-order valence-electron chi connectivity index (χ0n) is 17.6. The largest absolute Gasteiger partial charge is 0.455 e. The standard InChI is InChI=1S/C21H20N4O8/c1-11-9-16(23-33-11)22-17(26)10-32-21(29)12-5-7-13(8-6-12)24-19(27)14-3-2-4-15(25(30)31)18(14)20(24)28/h2-4,9,12-13H,5-8,10H2,1H3,(H,22,23,26). The Labute approximate surface area is 187 Å². The number of esters is 1. The number of ether oxygens (including phenoxy) is 1. The number of aromatic nitrogens is 1.